The minimum absolute atomic E-state index is 0.0342. The number of ether oxygens (including phenoxy) is 1. The third-order valence-electron chi connectivity index (χ3n) is 5.93. The SMILES string of the molecule is C[C@H](OC(=O)C1CCN(C(=O)c2ccco2)CC1)C(=O)N1c2ccccc2C[C@@H]1C. The first kappa shape index (κ1) is 20.2. The van der Waals surface area contributed by atoms with E-state index < -0.39 is 6.10 Å². The molecule has 2 atom stereocenters. The van der Waals surface area contributed by atoms with Crippen molar-refractivity contribution in [3.63, 3.8) is 0 Å². The average molecular weight is 410 g/mol. The molecule has 0 radical (unpaired) electrons. The number of esters is 1. The smallest absolute Gasteiger partial charge is 0.309 e. The van der Waals surface area contributed by atoms with Crippen LogP contribution in [0.2, 0.25) is 0 Å². The summed E-state index contributed by atoms with van der Waals surface area (Å²) in [5, 5.41) is 0. The second-order valence-electron chi connectivity index (χ2n) is 8.01. The molecule has 2 amide bonds. The molecule has 7 heteroatoms. The first-order valence-corrected chi connectivity index (χ1v) is 10.4. The van der Waals surface area contributed by atoms with Crippen molar-refractivity contribution in [2.75, 3.05) is 18.0 Å². The monoisotopic (exact) mass is 410 g/mol. The molecule has 2 aromatic rings. The van der Waals surface area contributed by atoms with Gasteiger partial charge >= 0.3 is 5.97 Å². The van der Waals surface area contributed by atoms with Crippen molar-refractivity contribution < 1.29 is 23.5 Å². The average Bonchev–Trinajstić information content (AvgIpc) is 3.40. The van der Waals surface area contributed by atoms with Crippen LogP contribution in [0.1, 0.15) is 42.8 Å². The Hall–Kier alpha value is -3.09. The van der Waals surface area contributed by atoms with Gasteiger partial charge in [-0.1, -0.05) is 18.2 Å². The van der Waals surface area contributed by atoms with E-state index in [0.29, 0.717) is 31.7 Å². The van der Waals surface area contributed by atoms with Crippen molar-refractivity contribution in [3.05, 3.63) is 54.0 Å². The van der Waals surface area contributed by atoms with Crippen LogP contribution in [0.4, 0.5) is 5.69 Å². The summed E-state index contributed by atoms with van der Waals surface area (Å²) in [6, 6.07) is 11.2. The Balaban J connectivity index is 1.32. The van der Waals surface area contributed by atoms with Crippen molar-refractivity contribution in [1.82, 2.24) is 4.90 Å². The van der Waals surface area contributed by atoms with E-state index in [4.69, 9.17) is 9.15 Å². The van der Waals surface area contributed by atoms with Crippen LogP contribution in [0.15, 0.2) is 47.1 Å². The molecule has 2 aliphatic rings. The summed E-state index contributed by atoms with van der Waals surface area (Å²) < 4.78 is 10.7. The van der Waals surface area contributed by atoms with Crippen LogP contribution < -0.4 is 4.90 Å². The second kappa shape index (κ2) is 8.34. The number of nitrogens with zero attached hydrogens (tertiary/aromatic N) is 2. The third kappa shape index (κ3) is 3.84. The third-order valence-corrected chi connectivity index (χ3v) is 5.93. The number of hydrogen-bond acceptors (Lipinski definition) is 5. The highest BCUT2D eigenvalue weighted by molar-refractivity contribution is 5.99. The number of carbonyl (C=O) groups is 3. The maximum absolute atomic E-state index is 13.0. The Morgan fingerprint density at radius 3 is 2.53 bits per heavy atom. The highest BCUT2D eigenvalue weighted by atomic mass is 16.5. The maximum Gasteiger partial charge on any atom is 0.309 e. The predicted molar refractivity (Wildman–Crippen MR) is 110 cm³/mol. The molecule has 7 nitrogen and oxygen atoms in total. The fraction of sp³-hybridized carbons (Fsp3) is 0.435. The summed E-state index contributed by atoms with van der Waals surface area (Å²) >= 11 is 0. The van der Waals surface area contributed by atoms with Crippen molar-refractivity contribution in [1.29, 1.82) is 0 Å². The van der Waals surface area contributed by atoms with E-state index in [-0.39, 0.29) is 29.7 Å². The van der Waals surface area contributed by atoms with Crippen LogP contribution in [0, 0.1) is 5.92 Å². The molecule has 3 heterocycles. The lowest BCUT2D eigenvalue weighted by Crippen LogP contribution is -2.45. The second-order valence-corrected chi connectivity index (χ2v) is 8.01. The molecule has 0 spiro atoms. The van der Waals surface area contributed by atoms with Crippen LogP contribution in [0.5, 0.6) is 0 Å². The summed E-state index contributed by atoms with van der Waals surface area (Å²) in [6.07, 6.45) is 2.43. The Labute approximate surface area is 175 Å². The van der Waals surface area contributed by atoms with Gasteiger partial charge in [0.1, 0.15) is 0 Å². The van der Waals surface area contributed by atoms with Crippen molar-refractivity contribution >= 4 is 23.5 Å². The topological polar surface area (TPSA) is 80.1 Å². The van der Waals surface area contributed by atoms with Gasteiger partial charge in [0.05, 0.1) is 12.2 Å². The van der Waals surface area contributed by atoms with Gasteiger partial charge in [-0.3, -0.25) is 14.4 Å². The molecular formula is C23H26N2O5. The minimum Gasteiger partial charge on any atom is -0.459 e. The fourth-order valence-electron chi connectivity index (χ4n) is 4.29. The van der Waals surface area contributed by atoms with E-state index in [2.05, 4.69) is 0 Å². The normalized spacial score (nSPS) is 20.0. The highest BCUT2D eigenvalue weighted by Crippen LogP contribution is 2.32. The number of piperidine rings is 1. The summed E-state index contributed by atoms with van der Waals surface area (Å²) in [6.45, 7) is 4.54. The predicted octanol–water partition coefficient (Wildman–Crippen LogP) is 3.04. The van der Waals surface area contributed by atoms with Crippen molar-refractivity contribution in [2.24, 2.45) is 5.92 Å². The first-order valence-electron chi connectivity index (χ1n) is 10.4. The number of furan rings is 1. The lowest BCUT2D eigenvalue weighted by molar-refractivity contribution is -0.159. The van der Waals surface area contributed by atoms with Gasteiger partial charge in [0, 0.05) is 24.8 Å². The number of para-hydroxylation sites is 1. The van der Waals surface area contributed by atoms with Gasteiger partial charge in [0.15, 0.2) is 11.9 Å². The summed E-state index contributed by atoms with van der Waals surface area (Å²) in [5.74, 6) is -0.760. The zero-order chi connectivity index (χ0) is 21.3. The number of likely N-dealkylation sites (tertiary alicyclic amines) is 1. The van der Waals surface area contributed by atoms with Crippen LogP contribution in [-0.4, -0.2) is 47.9 Å². The molecule has 158 valence electrons. The maximum atomic E-state index is 13.0. The molecule has 0 bridgehead atoms. The Morgan fingerprint density at radius 2 is 1.83 bits per heavy atom. The molecule has 4 rings (SSSR count). The molecule has 0 saturated carbocycles. The number of hydrogen-bond donors (Lipinski definition) is 0. The molecule has 0 aliphatic carbocycles. The standard InChI is InChI=1S/C23H26N2O5/c1-15-14-18-6-3-4-7-19(18)25(15)21(26)16(2)30-23(28)17-9-11-24(12-10-17)22(27)20-8-5-13-29-20/h3-8,13,15-17H,9-12,14H2,1-2H3/t15-,16-/m0/s1. The van der Waals surface area contributed by atoms with Gasteiger partial charge in [-0.25, -0.2) is 0 Å². The highest BCUT2D eigenvalue weighted by Gasteiger charge is 2.36. The van der Waals surface area contributed by atoms with Crippen LogP contribution in [0.25, 0.3) is 0 Å². The van der Waals surface area contributed by atoms with Gasteiger partial charge in [0.2, 0.25) is 0 Å². The van der Waals surface area contributed by atoms with E-state index in [1.807, 2.05) is 31.2 Å². The molecule has 1 aromatic carbocycles. The quantitative estimate of drug-likeness (QED) is 0.724. The van der Waals surface area contributed by atoms with Crippen molar-refractivity contribution in [3.8, 4) is 0 Å². The number of benzene rings is 1. The molecule has 30 heavy (non-hydrogen) atoms. The van der Waals surface area contributed by atoms with Gasteiger partial charge in [-0.15, -0.1) is 0 Å². The van der Waals surface area contributed by atoms with E-state index in [1.54, 1.807) is 28.9 Å². The number of rotatable bonds is 4. The van der Waals surface area contributed by atoms with Gasteiger partial charge in [-0.2, -0.15) is 0 Å². The van der Waals surface area contributed by atoms with E-state index in [1.165, 1.54) is 6.26 Å². The molecular weight excluding hydrogens is 384 g/mol. The van der Waals surface area contributed by atoms with Crippen LogP contribution >= 0.6 is 0 Å². The number of anilines is 1. The minimum atomic E-state index is -0.853. The molecule has 0 unspecified atom stereocenters. The number of carbonyl (C=O) groups excluding carboxylic acids is 3. The molecule has 0 N–H and O–H groups in total. The number of amides is 2. The summed E-state index contributed by atoms with van der Waals surface area (Å²) in [5.41, 5.74) is 2.02. The lowest BCUT2D eigenvalue weighted by atomic mass is 9.97. The largest absolute Gasteiger partial charge is 0.459 e. The lowest BCUT2D eigenvalue weighted by Gasteiger charge is -2.31. The number of fused-ring (bicyclic) bond motifs is 1. The Bertz CT molecular complexity index is 931. The molecule has 2 aliphatic heterocycles. The zero-order valence-electron chi connectivity index (χ0n) is 17.2. The van der Waals surface area contributed by atoms with E-state index in [9.17, 15) is 14.4 Å². The Morgan fingerprint density at radius 1 is 1.10 bits per heavy atom. The van der Waals surface area contributed by atoms with Crippen molar-refractivity contribution in [2.45, 2.75) is 45.3 Å². The van der Waals surface area contributed by atoms with Gasteiger partial charge < -0.3 is 19.0 Å². The van der Waals surface area contributed by atoms with Crippen LogP contribution in [-0.2, 0) is 20.7 Å². The fourth-order valence-corrected chi connectivity index (χ4v) is 4.29. The summed E-state index contributed by atoms with van der Waals surface area (Å²) in [7, 11) is 0. The van der Waals surface area contributed by atoms with Gasteiger partial charge in [-0.05, 0) is 56.9 Å². The van der Waals surface area contributed by atoms with Crippen LogP contribution in [0.3, 0.4) is 0 Å². The first-order chi connectivity index (χ1) is 14.5. The summed E-state index contributed by atoms with van der Waals surface area (Å²) in [4.78, 5) is 41.4. The molecule has 1 aromatic heterocycles. The molecule has 1 saturated heterocycles. The van der Waals surface area contributed by atoms with E-state index in [0.717, 1.165) is 17.7 Å². The molecule has 1 fully saturated rings. The zero-order valence-corrected chi connectivity index (χ0v) is 17.2. The van der Waals surface area contributed by atoms with E-state index >= 15 is 0 Å². The Kier molecular flexibility index (Phi) is 5.61. The van der Waals surface area contributed by atoms with Gasteiger partial charge in [0.25, 0.3) is 11.8 Å².